The largest absolute Gasteiger partial charge is 0.484 e. The first-order valence-corrected chi connectivity index (χ1v) is 11.0. The van der Waals surface area contributed by atoms with E-state index in [1.54, 1.807) is 18.2 Å². The van der Waals surface area contributed by atoms with E-state index in [0.29, 0.717) is 29.5 Å². The third-order valence-corrected chi connectivity index (χ3v) is 6.13. The van der Waals surface area contributed by atoms with Crippen LogP contribution in [0.25, 0.3) is 0 Å². The average molecular weight is 434 g/mol. The first kappa shape index (κ1) is 20.5. The van der Waals surface area contributed by atoms with Crippen molar-refractivity contribution >= 4 is 21.6 Å². The van der Waals surface area contributed by atoms with Gasteiger partial charge in [-0.2, -0.15) is 0 Å². The molecule has 0 spiro atoms. The summed E-state index contributed by atoms with van der Waals surface area (Å²) in [5.41, 5.74) is 0.465. The summed E-state index contributed by atoms with van der Waals surface area (Å²) in [6.07, 6.45) is 1.71. The summed E-state index contributed by atoms with van der Waals surface area (Å²) in [4.78, 5) is 12.2. The highest BCUT2D eigenvalue weighted by molar-refractivity contribution is 7.89. The number of sulfonamides is 1. The monoisotopic (exact) mass is 434 g/mol. The Balaban J connectivity index is 1.27. The summed E-state index contributed by atoms with van der Waals surface area (Å²) < 4.78 is 48.7. The fourth-order valence-corrected chi connectivity index (χ4v) is 4.19. The zero-order valence-electron chi connectivity index (χ0n) is 16.1. The Morgan fingerprint density at radius 2 is 1.90 bits per heavy atom. The number of amides is 1. The van der Waals surface area contributed by atoms with Gasteiger partial charge in [0.1, 0.15) is 5.75 Å². The highest BCUT2D eigenvalue weighted by atomic mass is 32.2. The Bertz CT molecular complexity index is 1000. The van der Waals surface area contributed by atoms with Gasteiger partial charge in [-0.25, -0.2) is 13.1 Å². The van der Waals surface area contributed by atoms with E-state index in [0.717, 1.165) is 12.8 Å². The van der Waals surface area contributed by atoms with Gasteiger partial charge in [0.25, 0.3) is 5.91 Å². The van der Waals surface area contributed by atoms with Crippen molar-refractivity contribution in [1.29, 1.82) is 0 Å². The third-order valence-electron chi connectivity index (χ3n) is 4.69. The van der Waals surface area contributed by atoms with E-state index in [9.17, 15) is 13.2 Å². The van der Waals surface area contributed by atoms with Crippen LogP contribution in [0, 0.1) is 0 Å². The summed E-state index contributed by atoms with van der Waals surface area (Å²) >= 11 is 0. The highest BCUT2D eigenvalue weighted by Crippen LogP contribution is 2.35. The molecule has 2 N–H and O–H groups in total. The van der Waals surface area contributed by atoms with Gasteiger partial charge in [0.05, 0.1) is 11.0 Å². The highest BCUT2D eigenvalue weighted by Gasteiger charge is 2.20. The molecule has 0 radical (unpaired) electrons. The lowest BCUT2D eigenvalue weighted by atomic mass is 10.2. The van der Waals surface area contributed by atoms with Crippen molar-refractivity contribution in [2.24, 2.45) is 0 Å². The smallest absolute Gasteiger partial charge is 0.262 e. The standard InChI is InChI=1S/C20H22N2O7S/c23-20(12-27-15-5-8-18-19(10-15)29-13-28-18)22-14-3-6-17(7-4-14)30(24,25)21-11-16-2-1-9-26-16/h3-8,10,16,21H,1-2,9,11-13H2,(H,22,23). The fourth-order valence-electron chi connectivity index (χ4n) is 3.12. The second kappa shape index (κ2) is 8.90. The second-order valence-corrected chi connectivity index (χ2v) is 8.63. The number of ether oxygens (including phenoxy) is 4. The molecule has 2 aromatic rings. The number of rotatable bonds is 8. The number of carbonyl (C=O) groups is 1. The number of anilines is 1. The molecule has 10 heteroatoms. The molecule has 2 heterocycles. The van der Waals surface area contributed by atoms with Crippen molar-refractivity contribution in [3.8, 4) is 17.2 Å². The lowest BCUT2D eigenvalue weighted by molar-refractivity contribution is -0.118. The van der Waals surface area contributed by atoms with Crippen LogP contribution in [0.2, 0.25) is 0 Å². The van der Waals surface area contributed by atoms with Crippen molar-refractivity contribution in [3.63, 3.8) is 0 Å². The van der Waals surface area contributed by atoms with Crippen molar-refractivity contribution in [2.45, 2.75) is 23.8 Å². The molecular formula is C20H22N2O7S. The molecule has 0 aliphatic carbocycles. The van der Waals surface area contributed by atoms with E-state index in [4.69, 9.17) is 18.9 Å². The molecule has 9 nitrogen and oxygen atoms in total. The molecule has 1 amide bonds. The molecule has 4 rings (SSSR count). The van der Waals surface area contributed by atoms with E-state index in [-0.39, 0.29) is 36.9 Å². The maximum atomic E-state index is 12.4. The van der Waals surface area contributed by atoms with Crippen molar-refractivity contribution in [3.05, 3.63) is 42.5 Å². The Morgan fingerprint density at radius 1 is 1.10 bits per heavy atom. The topological polar surface area (TPSA) is 112 Å². The van der Waals surface area contributed by atoms with E-state index < -0.39 is 10.0 Å². The van der Waals surface area contributed by atoms with Crippen LogP contribution < -0.4 is 24.2 Å². The van der Waals surface area contributed by atoms with Crippen LogP contribution in [-0.4, -0.2) is 47.0 Å². The van der Waals surface area contributed by atoms with E-state index in [1.165, 1.54) is 24.3 Å². The van der Waals surface area contributed by atoms with Crippen LogP contribution in [0.5, 0.6) is 17.2 Å². The quantitative estimate of drug-likeness (QED) is 0.652. The molecule has 160 valence electrons. The SMILES string of the molecule is O=C(COc1ccc2c(c1)OCO2)Nc1ccc(S(=O)(=O)NCC2CCCO2)cc1. The van der Waals surface area contributed by atoms with Crippen molar-refractivity contribution < 1.29 is 32.2 Å². The van der Waals surface area contributed by atoms with Gasteiger partial charge >= 0.3 is 0 Å². The number of nitrogens with one attached hydrogen (secondary N) is 2. The molecule has 2 aromatic carbocycles. The minimum atomic E-state index is -3.63. The number of hydrogen-bond acceptors (Lipinski definition) is 7. The van der Waals surface area contributed by atoms with Gasteiger partial charge < -0.3 is 24.3 Å². The van der Waals surface area contributed by atoms with Crippen LogP contribution in [0.15, 0.2) is 47.4 Å². The van der Waals surface area contributed by atoms with Crippen molar-refractivity contribution in [2.75, 3.05) is 31.9 Å². The number of carbonyl (C=O) groups excluding carboxylic acids is 1. The minimum absolute atomic E-state index is 0.0805. The fraction of sp³-hybridized carbons (Fsp3) is 0.350. The van der Waals surface area contributed by atoms with Gasteiger partial charge in [0.15, 0.2) is 18.1 Å². The van der Waals surface area contributed by atoms with Gasteiger partial charge in [-0.15, -0.1) is 0 Å². The van der Waals surface area contributed by atoms with Gasteiger partial charge in [0.2, 0.25) is 16.8 Å². The minimum Gasteiger partial charge on any atom is -0.484 e. The summed E-state index contributed by atoms with van der Waals surface area (Å²) in [7, 11) is -3.63. The van der Waals surface area contributed by atoms with Gasteiger partial charge in [0, 0.05) is 24.9 Å². The lowest BCUT2D eigenvalue weighted by Gasteiger charge is -2.12. The van der Waals surface area contributed by atoms with Crippen LogP contribution in [0.3, 0.4) is 0 Å². The molecule has 0 saturated carbocycles. The molecule has 1 fully saturated rings. The predicted molar refractivity (Wildman–Crippen MR) is 107 cm³/mol. The number of fused-ring (bicyclic) bond motifs is 1. The van der Waals surface area contributed by atoms with E-state index in [2.05, 4.69) is 10.0 Å². The zero-order chi connectivity index (χ0) is 21.0. The van der Waals surface area contributed by atoms with Gasteiger partial charge in [-0.05, 0) is 49.2 Å². The molecule has 0 aromatic heterocycles. The molecule has 0 bridgehead atoms. The molecule has 30 heavy (non-hydrogen) atoms. The first-order chi connectivity index (χ1) is 14.5. The predicted octanol–water partition coefficient (Wildman–Crippen LogP) is 1.89. The molecule has 2 aliphatic heterocycles. The zero-order valence-corrected chi connectivity index (χ0v) is 16.9. The molecule has 2 aliphatic rings. The maximum Gasteiger partial charge on any atom is 0.262 e. The van der Waals surface area contributed by atoms with Crippen LogP contribution in [0.1, 0.15) is 12.8 Å². The van der Waals surface area contributed by atoms with Crippen molar-refractivity contribution in [1.82, 2.24) is 4.72 Å². The Hall–Kier alpha value is -2.82. The van der Waals surface area contributed by atoms with E-state index in [1.807, 2.05) is 0 Å². The third kappa shape index (κ3) is 5.02. The summed E-state index contributed by atoms with van der Waals surface area (Å²) in [5, 5.41) is 2.66. The Kier molecular flexibility index (Phi) is 6.07. The number of hydrogen-bond donors (Lipinski definition) is 2. The first-order valence-electron chi connectivity index (χ1n) is 9.53. The van der Waals surface area contributed by atoms with Crippen LogP contribution >= 0.6 is 0 Å². The normalized spacial score (nSPS) is 17.7. The molecule has 1 saturated heterocycles. The summed E-state index contributed by atoms with van der Waals surface area (Å²) in [6, 6.07) is 11.0. The maximum absolute atomic E-state index is 12.4. The lowest BCUT2D eigenvalue weighted by Crippen LogP contribution is -2.31. The van der Waals surface area contributed by atoms with Gasteiger partial charge in [-0.3, -0.25) is 4.79 Å². The second-order valence-electron chi connectivity index (χ2n) is 6.86. The molecule has 1 atom stereocenters. The van der Waals surface area contributed by atoms with E-state index >= 15 is 0 Å². The van der Waals surface area contributed by atoms with Crippen LogP contribution in [0.4, 0.5) is 5.69 Å². The molecule has 1 unspecified atom stereocenters. The average Bonchev–Trinajstić information content (AvgIpc) is 3.42. The Labute approximate surface area is 174 Å². The van der Waals surface area contributed by atoms with Gasteiger partial charge in [-0.1, -0.05) is 0 Å². The Morgan fingerprint density at radius 3 is 2.67 bits per heavy atom. The molecular weight excluding hydrogens is 412 g/mol. The summed E-state index contributed by atoms with van der Waals surface area (Å²) in [6.45, 7) is 0.870. The van der Waals surface area contributed by atoms with Crippen LogP contribution in [-0.2, 0) is 19.6 Å². The summed E-state index contributed by atoms with van der Waals surface area (Å²) in [5.74, 6) is 1.30. The number of benzene rings is 2.